The zero-order valence-corrected chi connectivity index (χ0v) is 13.4. The summed E-state index contributed by atoms with van der Waals surface area (Å²) in [6, 6.07) is 8.82. The Labute approximate surface area is 135 Å². The summed E-state index contributed by atoms with van der Waals surface area (Å²) in [6.45, 7) is 3.11. The van der Waals surface area contributed by atoms with E-state index in [1.807, 2.05) is 13.0 Å². The minimum absolute atomic E-state index is 0.362. The molecule has 0 saturated heterocycles. The Bertz CT molecular complexity index is 659. The first-order valence-corrected chi connectivity index (χ1v) is 7.16. The summed E-state index contributed by atoms with van der Waals surface area (Å²) in [5.74, 6) is 0.845. The molecule has 0 aliphatic rings. The lowest BCUT2D eigenvalue weighted by atomic mass is 10.2. The fourth-order valence-electron chi connectivity index (χ4n) is 1.93. The van der Waals surface area contributed by atoms with E-state index in [4.69, 9.17) is 4.74 Å². The van der Waals surface area contributed by atoms with Gasteiger partial charge in [-0.25, -0.2) is 9.78 Å². The number of benzene rings is 1. The molecule has 0 saturated carbocycles. The molecule has 0 radical (unpaired) electrons. The Morgan fingerprint density at radius 1 is 1.17 bits per heavy atom. The van der Waals surface area contributed by atoms with Gasteiger partial charge in [-0.2, -0.15) is 4.98 Å². The van der Waals surface area contributed by atoms with Crippen LogP contribution in [0.25, 0.3) is 0 Å². The summed E-state index contributed by atoms with van der Waals surface area (Å²) in [7, 11) is 3.00. The fourth-order valence-corrected chi connectivity index (χ4v) is 1.93. The number of nitrogens with one attached hydrogen (secondary N) is 2. The van der Waals surface area contributed by atoms with E-state index in [-0.39, 0.29) is 5.97 Å². The van der Waals surface area contributed by atoms with Gasteiger partial charge in [0.2, 0.25) is 5.95 Å². The van der Waals surface area contributed by atoms with Crippen LogP contribution in [0.5, 0.6) is 0 Å². The van der Waals surface area contributed by atoms with Gasteiger partial charge in [0.1, 0.15) is 5.82 Å². The summed E-state index contributed by atoms with van der Waals surface area (Å²) in [5.41, 5.74) is 2.16. The van der Waals surface area contributed by atoms with Gasteiger partial charge in [0.15, 0.2) is 0 Å². The number of carbonyl (C=O) groups excluding carboxylic acids is 1. The molecule has 0 bridgehead atoms. The molecule has 1 heterocycles. The van der Waals surface area contributed by atoms with Crippen LogP contribution in [0.15, 0.2) is 30.3 Å². The Morgan fingerprint density at radius 3 is 2.57 bits per heavy atom. The van der Waals surface area contributed by atoms with Crippen molar-refractivity contribution in [1.29, 1.82) is 0 Å². The van der Waals surface area contributed by atoms with Crippen LogP contribution in [-0.4, -0.2) is 43.3 Å². The SMILES string of the molecule is COCCNc1nc(C)cc(Nc2ccc(C(=O)OC)cc2)n1. The van der Waals surface area contributed by atoms with Gasteiger partial charge in [0, 0.05) is 31.1 Å². The van der Waals surface area contributed by atoms with Crippen LogP contribution in [-0.2, 0) is 9.47 Å². The van der Waals surface area contributed by atoms with Gasteiger partial charge in [-0.3, -0.25) is 0 Å². The molecular formula is C16H20N4O3. The molecule has 122 valence electrons. The van der Waals surface area contributed by atoms with E-state index in [9.17, 15) is 4.79 Å². The maximum atomic E-state index is 11.4. The van der Waals surface area contributed by atoms with Crippen molar-refractivity contribution in [2.75, 3.05) is 38.0 Å². The second-order valence-corrected chi connectivity index (χ2v) is 4.83. The molecule has 0 unspecified atom stereocenters. The van der Waals surface area contributed by atoms with Gasteiger partial charge in [-0.05, 0) is 31.2 Å². The minimum Gasteiger partial charge on any atom is -0.465 e. The van der Waals surface area contributed by atoms with Gasteiger partial charge in [-0.15, -0.1) is 0 Å². The molecule has 1 aromatic heterocycles. The third-order valence-corrected chi connectivity index (χ3v) is 3.02. The highest BCUT2D eigenvalue weighted by Gasteiger charge is 2.06. The first-order chi connectivity index (χ1) is 11.1. The topological polar surface area (TPSA) is 85.4 Å². The van der Waals surface area contributed by atoms with Gasteiger partial charge < -0.3 is 20.1 Å². The number of anilines is 3. The van der Waals surface area contributed by atoms with Crippen molar-refractivity contribution in [2.24, 2.45) is 0 Å². The van der Waals surface area contributed by atoms with Gasteiger partial charge in [-0.1, -0.05) is 0 Å². The zero-order chi connectivity index (χ0) is 16.7. The van der Waals surface area contributed by atoms with Crippen LogP contribution in [0.2, 0.25) is 0 Å². The van der Waals surface area contributed by atoms with Crippen molar-refractivity contribution >= 4 is 23.4 Å². The van der Waals surface area contributed by atoms with Crippen LogP contribution in [0.4, 0.5) is 17.5 Å². The van der Waals surface area contributed by atoms with Crippen molar-refractivity contribution in [3.05, 3.63) is 41.6 Å². The van der Waals surface area contributed by atoms with Crippen LogP contribution in [0.1, 0.15) is 16.1 Å². The Morgan fingerprint density at radius 2 is 1.91 bits per heavy atom. The highest BCUT2D eigenvalue weighted by Crippen LogP contribution is 2.17. The molecular weight excluding hydrogens is 296 g/mol. The number of aryl methyl sites for hydroxylation is 1. The average molecular weight is 316 g/mol. The zero-order valence-electron chi connectivity index (χ0n) is 13.4. The smallest absolute Gasteiger partial charge is 0.337 e. The van der Waals surface area contributed by atoms with E-state index < -0.39 is 0 Å². The number of nitrogens with zero attached hydrogens (tertiary/aromatic N) is 2. The standard InChI is InChI=1S/C16H20N4O3/c1-11-10-14(20-16(18-11)17-8-9-22-2)19-13-6-4-12(5-7-13)15(21)23-3/h4-7,10H,8-9H2,1-3H3,(H2,17,18,19,20). The molecule has 0 spiro atoms. The predicted octanol–water partition coefficient (Wildman–Crippen LogP) is 2.37. The van der Waals surface area contributed by atoms with E-state index >= 15 is 0 Å². The van der Waals surface area contributed by atoms with E-state index in [1.54, 1.807) is 31.4 Å². The van der Waals surface area contributed by atoms with Gasteiger partial charge in [0.05, 0.1) is 19.3 Å². The normalized spacial score (nSPS) is 10.2. The molecule has 0 amide bonds. The summed E-state index contributed by atoms with van der Waals surface area (Å²) in [6.07, 6.45) is 0. The summed E-state index contributed by atoms with van der Waals surface area (Å²) >= 11 is 0. The predicted molar refractivity (Wildman–Crippen MR) is 88.2 cm³/mol. The highest BCUT2D eigenvalue weighted by atomic mass is 16.5. The molecule has 0 aliphatic carbocycles. The highest BCUT2D eigenvalue weighted by molar-refractivity contribution is 5.89. The lowest BCUT2D eigenvalue weighted by Crippen LogP contribution is -2.11. The number of rotatable bonds is 7. The fraction of sp³-hybridized carbons (Fsp3) is 0.312. The van der Waals surface area contributed by atoms with Gasteiger partial charge >= 0.3 is 5.97 Å². The molecule has 2 N–H and O–H groups in total. The van der Waals surface area contributed by atoms with Crippen LogP contribution < -0.4 is 10.6 Å². The molecule has 1 aromatic carbocycles. The van der Waals surface area contributed by atoms with E-state index in [2.05, 4.69) is 25.3 Å². The Balaban J connectivity index is 2.08. The summed E-state index contributed by atoms with van der Waals surface area (Å²) in [4.78, 5) is 20.1. The number of aromatic nitrogens is 2. The second kappa shape index (κ2) is 8.09. The van der Waals surface area contributed by atoms with Crippen LogP contribution in [0.3, 0.4) is 0 Å². The molecule has 2 aromatic rings. The number of carbonyl (C=O) groups is 1. The number of ether oxygens (including phenoxy) is 2. The second-order valence-electron chi connectivity index (χ2n) is 4.83. The summed E-state index contributed by atoms with van der Waals surface area (Å²) in [5, 5.41) is 6.28. The molecule has 7 nitrogen and oxygen atoms in total. The third-order valence-electron chi connectivity index (χ3n) is 3.02. The Hall–Kier alpha value is -2.67. The first-order valence-electron chi connectivity index (χ1n) is 7.16. The molecule has 0 atom stereocenters. The average Bonchev–Trinajstić information content (AvgIpc) is 2.54. The molecule has 2 rings (SSSR count). The number of esters is 1. The molecule has 23 heavy (non-hydrogen) atoms. The van der Waals surface area contributed by atoms with Crippen LogP contribution in [0, 0.1) is 6.92 Å². The number of hydrogen-bond acceptors (Lipinski definition) is 7. The maximum Gasteiger partial charge on any atom is 0.337 e. The monoisotopic (exact) mass is 316 g/mol. The Kier molecular flexibility index (Phi) is 5.87. The van der Waals surface area contributed by atoms with E-state index in [0.717, 1.165) is 11.4 Å². The molecule has 0 aliphatic heterocycles. The molecule has 0 fully saturated rings. The lowest BCUT2D eigenvalue weighted by Gasteiger charge is -2.10. The number of methoxy groups -OCH3 is 2. The van der Waals surface area contributed by atoms with Crippen molar-refractivity contribution in [3.8, 4) is 0 Å². The third kappa shape index (κ3) is 4.93. The van der Waals surface area contributed by atoms with E-state index in [0.29, 0.717) is 30.5 Å². The van der Waals surface area contributed by atoms with Crippen molar-refractivity contribution in [1.82, 2.24) is 9.97 Å². The maximum absolute atomic E-state index is 11.4. The summed E-state index contributed by atoms with van der Waals surface area (Å²) < 4.78 is 9.66. The van der Waals surface area contributed by atoms with Gasteiger partial charge in [0.25, 0.3) is 0 Å². The van der Waals surface area contributed by atoms with Crippen molar-refractivity contribution in [3.63, 3.8) is 0 Å². The lowest BCUT2D eigenvalue weighted by molar-refractivity contribution is 0.0601. The van der Waals surface area contributed by atoms with Crippen molar-refractivity contribution < 1.29 is 14.3 Å². The molecule has 7 heteroatoms. The largest absolute Gasteiger partial charge is 0.465 e. The van der Waals surface area contributed by atoms with Crippen molar-refractivity contribution in [2.45, 2.75) is 6.92 Å². The minimum atomic E-state index is -0.362. The van der Waals surface area contributed by atoms with Crippen LogP contribution >= 0.6 is 0 Å². The first kappa shape index (κ1) is 16.7. The quantitative estimate of drug-likeness (QED) is 0.599. The van der Waals surface area contributed by atoms with E-state index in [1.165, 1.54) is 7.11 Å². The number of hydrogen-bond donors (Lipinski definition) is 2.